The van der Waals surface area contributed by atoms with Crippen molar-refractivity contribution in [2.75, 3.05) is 5.32 Å². The van der Waals surface area contributed by atoms with Gasteiger partial charge < -0.3 is 11.1 Å². The van der Waals surface area contributed by atoms with Crippen LogP contribution in [0.25, 0.3) is 0 Å². The van der Waals surface area contributed by atoms with Crippen LogP contribution in [-0.2, 0) is 4.79 Å². The summed E-state index contributed by atoms with van der Waals surface area (Å²) in [5.74, 6) is 0.505. The first-order valence-corrected chi connectivity index (χ1v) is 7.04. The Hall–Kier alpha value is -1.35. The molecular formula is C16H24N2O. The van der Waals surface area contributed by atoms with Crippen LogP contribution in [0.1, 0.15) is 33.6 Å². The molecule has 19 heavy (non-hydrogen) atoms. The molecule has 1 aromatic rings. The van der Waals surface area contributed by atoms with Crippen LogP contribution in [0.2, 0.25) is 0 Å². The fourth-order valence-corrected chi connectivity index (χ4v) is 3.07. The van der Waals surface area contributed by atoms with Crippen LogP contribution in [0.4, 0.5) is 5.69 Å². The second-order valence-corrected chi connectivity index (χ2v) is 6.26. The van der Waals surface area contributed by atoms with Crippen LogP contribution in [-0.4, -0.2) is 11.9 Å². The van der Waals surface area contributed by atoms with Gasteiger partial charge in [-0.1, -0.05) is 39.0 Å². The number of carbonyl (C=O) groups excluding carboxylic acids is 1. The summed E-state index contributed by atoms with van der Waals surface area (Å²) >= 11 is 0. The van der Waals surface area contributed by atoms with E-state index in [1.54, 1.807) is 0 Å². The van der Waals surface area contributed by atoms with Crippen molar-refractivity contribution in [3.8, 4) is 0 Å². The molecule has 3 heteroatoms. The van der Waals surface area contributed by atoms with Gasteiger partial charge in [0.05, 0.1) is 0 Å². The van der Waals surface area contributed by atoms with E-state index >= 15 is 0 Å². The van der Waals surface area contributed by atoms with E-state index in [0.29, 0.717) is 5.92 Å². The minimum Gasteiger partial charge on any atom is -0.327 e. The van der Waals surface area contributed by atoms with Crippen LogP contribution >= 0.6 is 0 Å². The van der Waals surface area contributed by atoms with E-state index in [4.69, 9.17) is 5.73 Å². The average molecular weight is 260 g/mol. The number of para-hydroxylation sites is 1. The van der Waals surface area contributed by atoms with Gasteiger partial charge in [0.1, 0.15) is 0 Å². The molecular weight excluding hydrogens is 236 g/mol. The maximum atomic E-state index is 12.5. The molecule has 1 saturated carbocycles. The Morgan fingerprint density at radius 1 is 1.26 bits per heavy atom. The molecule has 3 atom stereocenters. The van der Waals surface area contributed by atoms with Crippen molar-refractivity contribution >= 4 is 11.6 Å². The Morgan fingerprint density at radius 2 is 1.89 bits per heavy atom. The van der Waals surface area contributed by atoms with E-state index in [0.717, 1.165) is 18.5 Å². The second kappa shape index (κ2) is 5.33. The summed E-state index contributed by atoms with van der Waals surface area (Å²) in [6.07, 6.45) is 1.80. The standard InChI is InChI=1S/C16H24N2O/c1-11-14(17)10-9-13(16(11,2)3)15(19)18-12-7-5-4-6-8-12/h4-8,11,13-14H,9-10,17H2,1-3H3,(H,18,19). The first kappa shape index (κ1) is 14.1. The first-order valence-electron chi connectivity index (χ1n) is 7.04. The summed E-state index contributed by atoms with van der Waals surface area (Å²) in [4.78, 5) is 12.5. The lowest BCUT2D eigenvalue weighted by Gasteiger charge is -2.46. The van der Waals surface area contributed by atoms with Gasteiger partial charge in [-0.25, -0.2) is 0 Å². The number of hydrogen-bond donors (Lipinski definition) is 2. The highest BCUT2D eigenvalue weighted by Crippen LogP contribution is 2.44. The van der Waals surface area contributed by atoms with Gasteiger partial charge in [-0.2, -0.15) is 0 Å². The van der Waals surface area contributed by atoms with E-state index in [2.05, 4.69) is 26.1 Å². The number of amides is 1. The molecule has 1 aliphatic rings. The van der Waals surface area contributed by atoms with Crippen molar-refractivity contribution in [2.24, 2.45) is 23.0 Å². The van der Waals surface area contributed by atoms with E-state index < -0.39 is 0 Å². The van der Waals surface area contributed by atoms with Crippen molar-refractivity contribution < 1.29 is 4.79 Å². The van der Waals surface area contributed by atoms with Crippen LogP contribution in [0, 0.1) is 17.3 Å². The minimum atomic E-state index is -0.0590. The van der Waals surface area contributed by atoms with Gasteiger partial charge in [0, 0.05) is 17.6 Å². The largest absolute Gasteiger partial charge is 0.327 e. The summed E-state index contributed by atoms with van der Waals surface area (Å²) in [5.41, 5.74) is 6.94. The molecule has 0 aromatic heterocycles. The number of benzene rings is 1. The Balaban J connectivity index is 2.11. The molecule has 0 aliphatic heterocycles. The van der Waals surface area contributed by atoms with Crippen molar-refractivity contribution in [3.63, 3.8) is 0 Å². The Labute approximate surface area is 115 Å². The summed E-state index contributed by atoms with van der Waals surface area (Å²) < 4.78 is 0. The maximum absolute atomic E-state index is 12.5. The van der Waals surface area contributed by atoms with Gasteiger partial charge in [0.15, 0.2) is 0 Å². The zero-order valence-corrected chi connectivity index (χ0v) is 12.0. The molecule has 1 amide bonds. The molecule has 0 bridgehead atoms. The van der Waals surface area contributed by atoms with Crippen LogP contribution < -0.4 is 11.1 Å². The van der Waals surface area contributed by atoms with Gasteiger partial charge in [0.2, 0.25) is 5.91 Å². The van der Waals surface area contributed by atoms with Crippen LogP contribution in [0.5, 0.6) is 0 Å². The highest BCUT2D eigenvalue weighted by atomic mass is 16.1. The monoisotopic (exact) mass is 260 g/mol. The lowest BCUT2D eigenvalue weighted by molar-refractivity contribution is -0.127. The Bertz CT molecular complexity index is 441. The highest BCUT2D eigenvalue weighted by molar-refractivity contribution is 5.93. The molecule has 2 rings (SSSR count). The van der Waals surface area contributed by atoms with Crippen LogP contribution in [0.15, 0.2) is 30.3 Å². The SMILES string of the molecule is CC1C(N)CCC(C(=O)Nc2ccccc2)C1(C)C. The number of nitrogens with one attached hydrogen (secondary N) is 1. The zero-order valence-electron chi connectivity index (χ0n) is 12.0. The van der Waals surface area contributed by atoms with Gasteiger partial charge in [-0.05, 0) is 36.3 Å². The van der Waals surface area contributed by atoms with E-state index in [9.17, 15) is 4.79 Å². The average Bonchev–Trinajstić information content (AvgIpc) is 2.37. The summed E-state index contributed by atoms with van der Waals surface area (Å²) in [5, 5.41) is 3.02. The third-order valence-corrected chi connectivity index (χ3v) is 4.86. The lowest BCUT2D eigenvalue weighted by atomic mass is 9.61. The third-order valence-electron chi connectivity index (χ3n) is 4.86. The molecule has 0 saturated heterocycles. The number of carbonyl (C=O) groups is 1. The topological polar surface area (TPSA) is 55.1 Å². The first-order chi connectivity index (χ1) is 8.93. The molecule has 0 spiro atoms. The molecule has 0 heterocycles. The fourth-order valence-electron chi connectivity index (χ4n) is 3.07. The molecule has 3 nitrogen and oxygen atoms in total. The number of anilines is 1. The highest BCUT2D eigenvalue weighted by Gasteiger charge is 2.44. The lowest BCUT2D eigenvalue weighted by Crippen LogP contribution is -2.50. The van der Waals surface area contributed by atoms with Gasteiger partial charge >= 0.3 is 0 Å². The third kappa shape index (κ3) is 2.81. The van der Waals surface area contributed by atoms with E-state index in [-0.39, 0.29) is 23.3 Å². The molecule has 1 aliphatic carbocycles. The number of rotatable bonds is 2. The van der Waals surface area contributed by atoms with Crippen molar-refractivity contribution in [1.82, 2.24) is 0 Å². The minimum absolute atomic E-state index is 0.0301. The smallest absolute Gasteiger partial charge is 0.228 e. The van der Waals surface area contributed by atoms with Gasteiger partial charge in [0.25, 0.3) is 0 Å². The normalized spacial score (nSPS) is 29.8. The Morgan fingerprint density at radius 3 is 2.53 bits per heavy atom. The van der Waals surface area contributed by atoms with Gasteiger partial charge in [-0.15, -0.1) is 0 Å². The van der Waals surface area contributed by atoms with Crippen molar-refractivity contribution in [3.05, 3.63) is 30.3 Å². The summed E-state index contributed by atoms with van der Waals surface area (Å²) in [7, 11) is 0. The van der Waals surface area contributed by atoms with Crippen molar-refractivity contribution in [1.29, 1.82) is 0 Å². The van der Waals surface area contributed by atoms with Gasteiger partial charge in [-0.3, -0.25) is 4.79 Å². The maximum Gasteiger partial charge on any atom is 0.228 e. The molecule has 3 N–H and O–H groups in total. The zero-order chi connectivity index (χ0) is 14.0. The second-order valence-electron chi connectivity index (χ2n) is 6.26. The summed E-state index contributed by atoms with van der Waals surface area (Å²) in [6, 6.07) is 9.85. The quantitative estimate of drug-likeness (QED) is 0.858. The van der Waals surface area contributed by atoms with Crippen LogP contribution in [0.3, 0.4) is 0 Å². The summed E-state index contributed by atoms with van der Waals surface area (Å²) in [6.45, 7) is 6.48. The number of hydrogen-bond acceptors (Lipinski definition) is 2. The molecule has 1 aromatic carbocycles. The molecule has 3 unspecified atom stereocenters. The number of nitrogens with two attached hydrogens (primary N) is 1. The predicted octanol–water partition coefficient (Wildman–Crippen LogP) is 3.02. The van der Waals surface area contributed by atoms with Crippen molar-refractivity contribution in [2.45, 2.75) is 39.7 Å². The molecule has 104 valence electrons. The Kier molecular flexibility index (Phi) is 3.95. The molecule has 1 fully saturated rings. The predicted molar refractivity (Wildman–Crippen MR) is 78.7 cm³/mol. The molecule has 0 radical (unpaired) electrons. The van der Waals surface area contributed by atoms with E-state index in [1.807, 2.05) is 30.3 Å². The fraction of sp³-hybridized carbons (Fsp3) is 0.562. The van der Waals surface area contributed by atoms with E-state index in [1.165, 1.54) is 0 Å².